The summed E-state index contributed by atoms with van der Waals surface area (Å²) in [5.41, 5.74) is 1.43. The fraction of sp³-hybridized carbons (Fsp3) is 0.267. The quantitative estimate of drug-likeness (QED) is 0.643. The summed E-state index contributed by atoms with van der Waals surface area (Å²) in [6, 6.07) is 7.08. The van der Waals surface area contributed by atoms with Gasteiger partial charge in [-0.05, 0) is 32.9 Å². The van der Waals surface area contributed by atoms with Gasteiger partial charge in [-0.1, -0.05) is 23.7 Å². The minimum atomic E-state index is -0.614. The fourth-order valence-electron chi connectivity index (χ4n) is 2.12. The predicted molar refractivity (Wildman–Crippen MR) is 79.3 cm³/mol. The highest BCUT2D eigenvalue weighted by Crippen LogP contribution is 2.24. The zero-order chi connectivity index (χ0) is 15.6. The molecule has 5 nitrogen and oxygen atoms in total. The van der Waals surface area contributed by atoms with Gasteiger partial charge < -0.3 is 4.74 Å². The number of para-hydroxylation sites is 1. The van der Waals surface area contributed by atoms with Crippen molar-refractivity contribution in [3.8, 4) is 5.69 Å². The Labute approximate surface area is 127 Å². The van der Waals surface area contributed by atoms with E-state index in [1.54, 1.807) is 38.1 Å². The van der Waals surface area contributed by atoms with E-state index in [2.05, 4.69) is 5.10 Å². The second-order valence-electron chi connectivity index (χ2n) is 4.45. The number of Topliss-reactive ketones (excluding diaryl/α,β-unsaturated/α-hetero) is 1. The van der Waals surface area contributed by atoms with Gasteiger partial charge in [-0.25, -0.2) is 9.48 Å². The van der Waals surface area contributed by atoms with Crippen LogP contribution in [0.15, 0.2) is 24.3 Å². The summed E-state index contributed by atoms with van der Waals surface area (Å²) in [7, 11) is 0. The molecule has 1 aromatic heterocycles. The summed E-state index contributed by atoms with van der Waals surface area (Å²) in [4.78, 5) is 23.8. The standard InChI is InChI=1S/C15H15ClN2O3/c1-4-21-15(20)14-13(10(3)19)9(2)18(17-14)12-8-6-5-7-11(12)16/h5-8H,4H2,1-3H3. The number of hydrogen-bond donors (Lipinski definition) is 0. The summed E-state index contributed by atoms with van der Waals surface area (Å²) in [6.07, 6.45) is 0. The SMILES string of the molecule is CCOC(=O)c1nn(-c2ccccc2Cl)c(C)c1C(C)=O. The molecule has 0 fully saturated rings. The van der Waals surface area contributed by atoms with Crippen molar-refractivity contribution in [2.75, 3.05) is 6.61 Å². The largest absolute Gasteiger partial charge is 0.461 e. The molecule has 0 aliphatic heterocycles. The van der Waals surface area contributed by atoms with Crippen LogP contribution in [-0.2, 0) is 4.74 Å². The summed E-state index contributed by atoms with van der Waals surface area (Å²) in [5, 5.41) is 4.70. The molecule has 2 aromatic rings. The first-order chi connectivity index (χ1) is 9.97. The lowest BCUT2D eigenvalue weighted by Crippen LogP contribution is -2.10. The molecule has 0 aliphatic carbocycles. The van der Waals surface area contributed by atoms with Crippen molar-refractivity contribution in [3.05, 3.63) is 46.2 Å². The van der Waals surface area contributed by atoms with Crippen molar-refractivity contribution in [2.24, 2.45) is 0 Å². The molecule has 0 radical (unpaired) electrons. The number of carbonyl (C=O) groups excluding carboxylic acids is 2. The van der Waals surface area contributed by atoms with E-state index in [1.165, 1.54) is 11.6 Å². The number of esters is 1. The molecule has 0 N–H and O–H groups in total. The highest BCUT2D eigenvalue weighted by atomic mass is 35.5. The van der Waals surface area contributed by atoms with Crippen LogP contribution in [0.25, 0.3) is 5.69 Å². The minimum Gasteiger partial charge on any atom is -0.461 e. The molecule has 0 saturated carbocycles. The zero-order valence-corrected chi connectivity index (χ0v) is 12.8. The Morgan fingerprint density at radius 1 is 1.33 bits per heavy atom. The molecule has 0 aliphatic rings. The third-order valence-electron chi connectivity index (χ3n) is 3.02. The molecular formula is C15H15ClN2O3. The maximum absolute atomic E-state index is 12.0. The van der Waals surface area contributed by atoms with Gasteiger partial charge in [0, 0.05) is 0 Å². The normalized spacial score (nSPS) is 10.5. The number of benzene rings is 1. The molecule has 0 amide bonds. The molecule has 0 bridgehead atoms. The summed E-state index contributed by atoms with van der Waals surface area (Å²) in [6.45, 7) is 5.02. The lowest BCUT2D eigenvalue weighted by molar-refractivity contribution is 0.0516. The third-order valence-corrected chi connectivity index (χ3v) is 3.34. The van der Waals surface area contributed by atoms with E-state index >= 15 is 0 Å². The van der Waals surface area contributed by atoms with E-state index in [0.717, 1.165) is 0 Å². The van der Waals surface area contributed by atoms with Crippen molar-refractivity contribution in [3.63, 3.8) is 0 Å². The highest BCUT2D eigenvalue weighted by Gasteiger charge is 2.25. The molecule has 0 saturated heterocycles. The van der Waals surface area contributed by atoms with E-state index in [1.807, 2.05) is 0 Å². The van der Waals surface area contributed by atoms with Crippen LogP contribution in [-0.4, -0.2) is 28.1 Å². The van der Waals surface area contributed by atoms with Crippen LogP contribution in [0, 0.1) is 6.92 Å². The van der Waals surface area contributed by atoms with Crippen molar-refractivity contribution < 1.29 is 14.3 Å². The number of hydrogen-bond acceptors (Lipinski definition) is 4. The smallest absolute Gasteiger partial charge is 0.359 e. The van der Waals surface area contributed by atoms with Crippen LogP contribution >= 0.6 is 11.6 Å². The average Bonchev–Trinajstić information content (AvgIpc) is 2.77. The van der Waals surface area contributed by atoms with Gasteiger partial charge in [0.25, 0.3) is 0 Å². The second kappa shape index (κ2) is 6.10. The van der Waals surface area contributed by atoms with Crippen LogP contribution in [0.1, 0.15) is 40.4 Å². The molecule has 110 valence electrons. The highest BCUT2D eigenvalue weighted by molar-refractivity contribution is 6.32. The molecule has 0 spiro atoms. The Bertz CT molecular complexity index is 707. The van der Waals surface area contributed by atoms with E-state index in [-0.39, 0.29) is 23.6 Å². The van der Waals surface area contributed by atoms with Gasteiger partial charge in [0.05, 0.1) is 28.6 Å². The van der Waals surface area contributed by atoms with Gasteiger partial charge in [0.2, 0.25) is 0 Å². The van der Waals surface area contributed by atoms with E-state index in [4.69, 9.17) is 16.3 Å². The maximum atomic E-state index is 12.0. The van der Waals surface area contributed by atoms with Gasteiger partial charge in [-0.3, -0.25) is 4.79 Å². The van der Waals surface area contributed by atoms with Crippen molar-refractivity contribution >= 4 is 23.4 Å². The number of carbonyl (C=O) groups is 2. The Hall–Kier alpha value is -2.14. The molecule has 1 aromatic carbocycles. The molecule has 21 heavy (non-hydrogen) atoms. The van der Waals surface area contributed by atoms with Gasteiger partial charge >= 0.3 is 5.97 Å². The zero-order valence-electron chi connectivity index (χ0n) is 12.0. The molecule has 6 heteroatoms. The lowest BCUT2D eigenvalue weighted by Gasteiger charge is -2.06. The Morgan fingerprint density at radius 2 is 2.00 bits per heavy atom. The Morgan fingerprint density at radius 3 is 2.57 bits per heavy atom. The van der Waals surface area contributed by atoms with Crippen LogP contribution in [0.2, 0.25) is 5.02 Å². The Balaban J connectivity index is 2.65. The Kier molecular flexibility index (Phi) is 4.43. The van der Waals surface area contributed by atoms with Crippen molar-refractivity contribution in [2.45, 2.75) is 20.8 Å². The summed E-state index contributed by atoms with van der Waals surface area (Å²) in [5.74, 6) is -0.856. The molecule has 2 rings (SSSR count). The number of rotatable bonds is 4. The number of ether oxygens (including phenoxy) is 1. The number of aromatic nitrogens is 2. The van der Waals surface area contributed by atoms with Gasteiger partial charge in [0.1, 0.15) is 0 Å². The topological polar surface area (TPSA) is 61.2 Å². The predicted octanol–water partition coefficient (Wildman–Crippen LogP) is 3.21. The number of ketones is 1. The first-order valence-electron chi connectivity index (χ1n) is 6.50. The first kappa shape index (κ1) is 15.3. The lowest BCUT2D eigenvalue weighted by atomic mass is 10.1. The van der Waals surface area contributed by atoms with Crippen LogP contribution in [0.5, 0.6) is 0 Å². The fourth-order valence-corrected chi connectivity index (χ4v) is 2.34. The van der Waals surface area contributed by atoms with Gasteiger partial charge in [-0.2, -0.15) is 5.10 Å². The number of nitrogens with zero attached hydrogens (tertiary/aromatic N) is 2. The van der Waals surface area contributed by atoms with E-state index in [0.29, 0.717) is 16.4 Å². The van der Waals surface area contributed by atoms with Crippen LogP contribution < -0.4 is 0 Å². The molecule has 0 unspecified atom stereocenters. The average molecular weight is 307 g/mol. The summed E-state index contributed by atoms with van der Waals surface area (Å²) < 4.78 is 6.44. The third kappa shape index (κ3) is 2.83. The van der Waals surface area contributed by atoms with Gasteiger partial charge in [-0.15, -0.1) is 0 Å². The number of halogens is 1. The van der Waals surface area contributed by atoms with Crippen LogP contribution in [0.4, 0.5) is 0 Å². The van der Waals surface area contributed by atoms with Crippen molar-refractivity contribution in [1.82, 2.24) is 9.78 Å². The summed E-state index contributed by atoms with van der Waals surface area (Å²) >= 11 is 6.15. The maximum Gasteiger partial charge on any atom is 0.359 e. The first-order valence-corrected chi connectivity index (χ1v) is 6.87. The monoisotopic (exact) mass is 306 g/mol. The van der Waals surface area contributed by atoms with Gasteiger partial charge in [0.15, 0.2) is 11.5 Å². The molecular weight excluding hydrogens is 292 g/mol. The van der Waals surface area contributed by atoms with E-state index in [9.17, 15) is 9.59 Å². The van der Waals surface area contributed by atoms with Crippen LogP contribution in [0.3, 0.4) is 0 Å². The minimum absolute atomic E-state index is 0.0155. The molecule has 1 heterocycles. The van der Waals surface area contributed by atoms with Crippen molar-refractivity contribution in [1.29, 1.82) is 0 Å². The second-order valence-corrected chi connectivity index (χ2v) is 4.86. The van der Waals surface area contributed by atoms with E-state index < -0.39 is 5.97 Å². The molecule has 0 atom stereocenters.